The van der Waals surface area contributed by atoms with Gasteiger partial charge in [-0.15, -0.1) is 0 Å². The number of hydrogen-bond acceptors (Lipinski definition) is 2. The Morgan fingerprint density at radius 1 is 1.36 bits per heavy atom. The van der Waals surface area contributed by atoms with Gasteiger partial charge < -0.3 is 5.73 Å². The zero-order chi connectivity index (χ0) is 10.1. The monoisotopic (exact) mass is 196 g/mol. The first-order valence-electron chi connectivity index (χ1n) is 6.18. The minimum atomic E-state index is 0.433. The van der Waals surface area contributed by atoms with Crippen LogP contribution >= 0.6 is 0 Å². The van der Waals surface area contributed by atoms with Gasteiger partial charge in [0.05, 0.1) is 0 Å². The van der Waals surface area contributed by atoms with E-state index in [-0.39, 0.29) is 0 Å². The molecule has 2 atom stereocenters. The van der Waals surface area contributed by atoms with Crippen molar-refractivity contribution in [1.29, 1.82) is 0 Å². The minimum Gasteiger partial charge on any atom is -0.326 e. The van der Waals surface area contributed by atoms with Crippen LogP contribution in [0.25, 0.3) is 0 Å². The highest BCUT2D eigenvalue weighted by Crippen LogP contribution is 2.34. The molecule has 14 heavy (non-hydrogen) atoms. The molecule has 82 valence electrons. The van der Waals surface area contributed by atoms with Crippen LogP contribution in [0.4, 0.5) is 0 Å². The molecule has 2 heteroatoms. The Kier molecular flexibility index (Phi) is 3.13. The second kappa shape index (κ2) is 4.19. The van der Waals surface area contributed by atoms with Crippen LogP contribution in [0.2, 0.25) is 0 Å². The van der Waals surface area contributed by atoms with E-state index < -0.39 is 0 Å². The molecule has 1 heterocycles. The number of rotatable bonds is 3. The van der Waals surface area contributed by atoms with Gasteiger partial charge in [-0.05, 0) is 32.6 Å². The van der Waals surface area contributed by atoms with Crippen molar-refractivity contribution < 1.29 is 0 Å². The number of nitrogens with two attached hydrogens (primary N) is 1. The van der Waals surface area contributed by atoms with Crippen molar-refractivity contribution in [3.05, 3.63) is 0 Å². The standard InChI is InChI=1S/C12H24N2/c1-9(2)14-8-11(13)7-12(14)6-10-4-3-5-10/h9-12H,3-8,13H2,1-2H3. The van der Waals surface area contributed by atoms with Crippen molar-refractivity contribution in [2.45, 2.75) is 64.1 Å². The van der Waals surface area contributed by atoms with Gasteiger partial charge in [0.2, 0.25) is 0 Å². The van der Waals surface area contributed by atoms with Crippen LogP contribution in [-0.4, -0.2) is 29.6 Å². The molecule has 1 saturated heterocycles. The van der Waals surface area contributed by atoms with Crippen LogP contribution in [0, 0.1) is 5.92 Å². The third-order valence-electron chi connectivity index (χ3n) is 3.98. The van der Waals surface area contributed by atoms with E-state index in [1.165, 1.54) is 32.1 Å². The predicted octanol–water partition coefficient (Wildman–Crippen LogP) is 1.99. The molecule has 1 aliphatic heterocycles. The second-order valence-corrected chi connectivity index (χ2v) is 5.47. The van der Waals surface area contributed by atoms with E-state index in [9.17, 15) is 0 Å². The van der Waals surface area contributed by atoms with E-state index in [1.807, 2.05) is 0 Å². The van der Waals surface area contributed by atoms with Crippen molar-refractivity contribution in [1.82, 2.24) is 4.90 Å². The van der Waals surface area contributed by atoms with Crippen LogP contribution in [0.3, 0.4) is 0 Å². The second-order valence-electron chi connectivity index (χ2n) is 5.47. The molecule has 1 aliphatic carbocycles. The van der Waals surface area contributed by atoms with Gasteiger partial charge in [-0.2, -0.15) is 0 Å². The highest BCUT2D eigenvalue weighted by Gasteiger charge is 2.34. The molecule has 2 rings (SSSR count). The minimum absolute atomic E-state index is 0.433. The predicted molar refractivity (Wildman–Crippen MR) is 60.2 cm³/mol. The Bertz CT molecular complexity index is 187. The third-order valence-corrected chi connectivity index (χ3v) is 3.98. The average Bonchev–Trinajstić information content (AvgIpc) is 2.39. The van der Waals surface area contributed by atoms with Crippen LogP contribution in [-0.2, 0) is 0 Å². The van der Waals surface area contributed by atoms with E-state index in [0.29, 0.717) is 12.1 Å². The Hall–Kier alpha value is -0.0800. The Labute approximate surface area is 87.8 Å². The maximum atomic E-state index is 6.05. The summed E-state index contributed by atoms with van der Waals surface area (Å²) >= 11 is 0. The Morgan fingerprint density at radius 2 is 2.07 bits per heavy atom. The van der Waals surface area contributed by atoms with Crippen molar-refractivity contribution in [2.24, 2.45) is 11.7 Å². The highest BCUT2D eigenvalue weighted by atomic mass is 15.2. The molecule has 2 fully saturated rings. The fourth-order valence-electron chi connectivity index (χ4n) is 2.96. The molecule has 0 bridgehead atoms. The molecule has 2 unspecified atom stereocenters. The van der Waals surface area contributed by atoms with Crippen molar-refractivity contribution in [3.8, 4) is 0 Å². The van der Waals surface area contributed by atoms with Gasteiger partial charge in [0.1, 0.15) is 0 Å². The molecule has 2 nitrogen and oxygen atoms in total. The van der Waals surface area contributed by atoms with Gasteiger partial charge in [0.15, 0.2) is 0 Å². The Balaban J connectivity index is 1.87. The third kappa shape index (κ3) is 2.12. The van der Waals surface area contributed by atoms with Gasteiger partial charge in [0.25, 0.3) is 0 Å². The fraction of sp³-hybridized carbons (Fsp3) is 1.00. The van der Waals surface area contributed by atoms with E-state index in [1.54, 1.807) is 0 Å². The van der Waals surface area contributed by atoms with E-state index >= 15 is 0 Å². The van der Waals surface area contributed by atoms with Crippen LogP contribution < -0.4 is 5.73 Å². The first kappa shape index (κ1) is 10.4. The SMILES string of the molecule is CC(C)N1CC(N)CC1CC1CCC1. The first-order chi connectivity index (χ1) is 6.66. The average molecular weight is 196 g/mol. The molecule has 0 aromatic rings. The quantitative estimate of drug-likeness (QED) is 0.748. The molecule has 1 saturated carbocycles. The van der Waals surface area contributed by atoms with Gasteiger partial charge >= 0.3 is 0 Å². The molecule has 0 amide bonds. The summed E-state index contributed by atoms with van der Waals surface area (Å²) in [6.45, 7) is 5.71. The lowest BCUT2D eigenvalue weighted by atomic mass is 9.80. The molecule has 0 aromatic carbocycles. The number of hydrogen-bond donors (Lipinski definition) is 1. The molecule has 0 spiro atoms. The fourth-order valence-corrected chi connectivity index (χ4v) is 2.96. The molecule has 0 radical (unpaired) electrons. The van der Waals surface area contributed by atoms with E-state index in [2.05, 4.69) is 18.7 Å². The summed E-state index contributed by atoms with van der Waals surface area (Å²) < 4.78 is 0. The maximum Gasteiger partial charge on any atom is 0.0183 e. The molecule has 2 N–H and O–H groups in total. The summed E-state index contributed by atoms with van der Waals surface area (Å²) in [5.74, 6) is 1.02. The van der Waals surface area contributed by atoms with Crippen LogP contribution in [0.15, 0.2) is 0 Å². The van der Waals surface area contributed by atoms with E-state index in [4.69, 9.17) is 5.73 Å². The summed E-state index contributed by atoms with van der Waals surface area (Å²) in [7, 11) is 0. The highest BCUT2D eigenvalue weighted by molar-refractivity contribution is 4.91. The first-order valence-corrected chi connectivity index (χ1v) is 6.18. The molecular formula is C12H24N2. The van der Waals surface area contributed by atoms with Crippen molar-refractivity contribution in [2.75, 3.05) is 6.54 Å². The molecule has 0 aromatic heterocycles. The maximum absolute atomic E-state index is 6.05. The van der Waals surface area contributed by atoms with Gasteiger partial charge in [-0.1, -0.05) is 19.3 Å². The molecular weight excluding hydrogens is 172 g/mol. The summed E-state index contributed by atoms with van der Waals surface area (Å²) in [4.78, 5) is 2.61. The summed E-state index contributed by atoms with van der Waals surface area (Å²) in [5, 5.41) is 0. The van der Waals surface area contributed by atoms with Gasteiger partial charge in [-0.3, -0.25) is 4.90 Å². The van der Waals surface area contributed by atoms with Crippen molar-refractivity contribution in [3.63, 3.8) is 0 Å². The lowest BCUT2D eigenvalue weighted by Crippen LogP contribution is -2.38. The summed E-state index contributed by atoms with van der Waals surface area (Å²) in [5.41, 5.74) is 6.05. The number of nitrogens with zero attached hydrogens (tertiary/aromatic N) is 1. The number of likely N-dealkylation sites (tertiary alicyclic amines) is 1. The zero-order valence-electron chi connectivity index (χ0n) is 9.58. The smallest absolute Gasteiger partial charge is 0.0183 e. The Morgan fingerprint density at radius 3 is 2.57 bits per heavy atom. The topological polar surface area (TPSA) is 29.3 Å². The largest absolute Gasteiger partial charge is 0.326 e. The van der Waals surface area contributed by atoms with Crippen molar-refractivity contribution >= 4 is 0 Å². The van der Waals surface area contributed by atoms with Gasteiger partial charge in [0, 0.05) is 24.7 Å². The van der Waals surface area contributed by atoms with E-state index in [0.717, 1.165) is 18.5 Å². The molecule has 2 aliphatic rings. The normalized spacial score (nSPS) is 35.1. The van der Waals surface area contributed by atoms with Gasteiger partial charge in [-0.25, -0.2) is 0 Å². The summed E-state index contributed by atoms with van der Waals surface area (Å²) in [6.07, 6.45) is 7.04. The van der Waals surface area contributed by atoms with Crippen LogP contribution in [0.1, 0.15) is 46.0 Å². The lowest BCUT2D eigenvalue weighted by Gasteiger charge is -2.34. The zero-order valence-corrected chi connectivity index (χ0v) is 9.58. The summed E-state index contributed by atoms with van der Waals surface area (Å²) in [6, 6.07) is 1.89. The lowest BCUT2D eigenvalue weighted by molar-refractivity contribution is 0.152. The van der Waals surface area contributed by atoms with Crippen LogP contribution in [0.5, 0.6) is 0 Å².